The van der Waals surface area contributed by atoms with Crippen LogP contribution in [0.2, 0.25) is 0 Å². The fourth-order valence-electron chi connectivity index (χ4n) is 2.88. The van der Waals surface area contributed by atoms with Gasteiger partial charge in [-0.05, 0) is 57.9 Å². The molecule has 3 nitrogen and oxygen atoms in total. The van der Waals surface area contributed by atoms with E-state index in [1.165, 1.54) is 14.0 Å². The summed E-state index contributed by atoms with van der Waals surface area (Å²) in [5.74, 6) is -1.52. The number of allylic oxidation sites excluding steroid dienone is 4. The van der Waals surface area contributed by atoms with E-state index in [1.54, 1.807) is 6.92 Å². The molecule has 5 heteroatoms. The average molecular weight is 403 g/mol. The summed E-state index contributed by atoms with van der Waals surface area (Å²) >= 11 is 0. The average Bonchev–Trinajstić information content (AvgIpc) is 2.75. The molecule has 0 aromatic carbocycles. The van der Waals surface area contributed by atoms with E-state index in [2.05, 4.69) is 6.58 Å². The highest BCUT2D eigenvalue weighted by Crippen LogP contribution is 2.28. The summed E-state index contributed by atoms with van der Waals surface area (Å²) in [5.41, 5.74) is 0.315. The Morgan fingerprint density at radius 1 is 1.04 bits per heavy atom. The first kappa shape index (κ1) is 26.8. The minimum atomic E-state index is -0.955. The third-order valence-corrected chi connectivity index (χ3v) is 5.14. The van der Waals surface area contributed by atoms with Crippen molar-refractivity contribution < 1.29 is 23.0 Å². The van der Waals surface area contributed by atoms with E-state index in [9.17, 15) is 8.78 Å². The molecule has 0 spiro atoms. The maximum Gasteiger partial charge on any atom is 0.195 e. The molecule has 0 saturated heterocycles. The lowest BCUT2D eigenvalue weighted by Crippen LogP contribution is -2.26. The van der Waals surface area contributed by atoms with Gasteiger partial charge in [0.2, 0.25) is 0 Å². The van der Waals surface area contributed by atoms with E-state index in [1.807, 2.05) is 33.8 Å². The SMILES string of the molecule is C=CC1CCC(OCC(C)OCC(C)/C(C)=C(F)/C(F)=C(\C)OC)CC1.CC. The smallest absolute Gasteiger partial charge is 0.195 e. The Balaban J connectivity index is 0.00000352. The normalized spacial score (nSPS) is 23.5. The first-order chi connectivity index (χ1) is 13.3. The van der Waals surface area contributed by atoms with Gasteiger partial charge in [-0.1, -0.05) is 26.8 Å². The van der Waals surface area contributed by atoms with Crippen LogP contribution in [0.15, 0.2) is 35.6 Å². The van der Waals surface area contributed by atoms with E-state index in [0.29, 0.717) is 24.7 Å². The van der Waals surface area contributed by atoms with Gasteiger partial charge in [0.05, 0.1) is 32.5 Å². The minimum absolute atomic E-state index is 0.0667. The monoisotopic (exact) mass is 402 g/mol. The molecule has 0 bridgehead atoms. The second kappa shape index (κ2) is 14.7. The maximum absolute atomic E-state index is 14.1. The summed E-state index contributed by atoms with van der Waals surface area (Å²) < 4.78 is 44.4. The first-order valence-electron chi connectivity index (χ1n) is 10.4. The third kappa shape index (κ3) is 9.33. The number of ether oxygens (including phenoxy) is 3. The van der Waals surface area contributed by atoms with Crippen molar-refractivity contribution in [2.45, 2.75) is 79.4 Å². The van der Waals surface area contributed by atoms with Crippen LogP contribution in [0.4, 0.5) is 8.78 Å². The molecule has 1 aliphatic carbocycles. The number of hydrogen-bond donors (Lipinski definition) is 0. The second-order valence-corrected chi connectivity index (χ2v) is 7.22. The number of rotatable bonds is 10. The van der Waals surface area contributed by atoms with Gasteiger partial charge >= 0.3 is 0 Å². The lowest BCUT2D eigenvalue weighted by Gasteiger charge is -2.28. The Hall–Kier alpha value is -1.20. The molecule has 0 amide bonds. The minimum Gasteiger partial charge on any atom is -0.498 e. The van der Waals surface area contributed by atoms with Gasteiger partial charge in [-0.25, -0.2) is 8.78 Å². The fourth-order valence-corrected chi connectivity index (χ4v) is 2.88. The molecule has 0 N–H and O–H groups in total. The highest BCUT2D eigenvalue weighted by molar-refractivity contribution is 5.27. The van der Waals surface area contributed by atoms with Gasteiger partial charge in [-0.2, -0.15) is 0 Å². The Morgan fingerprint density at radius 2 is 1.61 bits per heavy atom. The molecule has 0 aliphatic heterocycles. The molecule has 28 heavy (non-hydrogen) atoms. The van der Waals surface area contributed by atoms with Gasteiger partial charge in [-0.3, -0.25) is 0 Å². The van der Waals surface area contributed by atoms with E-state index in [4.69, 9.17) is 14.2 Å². The largest absolute Gasteiger partial charge is 0.498 e. The molecule has 0 radical (unpaired) electrons. The molecule has 1 aliphatic rings. The standard InChI is InChI=1S/C21H34F2O3.C2H6/c1-7-18-8-10-19(11-9-18)26-13-15(3)25-12-14(2)16(4)20(22)21(23)17(5)24-6;1-2/h7,14-15,18-19H,1,8-13H2,2-6H3;1-2H3/b20-16-,21-17-;. The highest BCUT2D eigenvalue weighted by Gasteiger charge is 2.21. The van der Waals surface area contributed by atoms with Crippen molar-refractivity contribution in [3.8, 4) is 0 Å². The fraction of sp³-hybridized carbons (Fsp3) is 0.739. The van der Waals surface area contributed by atoms with Gasteiger partial charge in [-0.15, -0.1) is 6.58 Å². The Kier molecular flexibility index (Phi) is 14.1. The molecule has 164 valence electrons. The van der Waals surface area contributed by atoms with Crippen LogP contribution in [0.3, 0.4) is 0 Å². The van der Waals surface area contributed by atoms with Crippen molar-refractivity contribution in [2.24, 2.45) is 11.8 Å². The third-order valence-electron chi connectivity index (χ3n) is 5.14. The highest BCUT2D eigenvalue weighted by atomic mass is 19.2. The Labute approximate surface area is 170 Å². The van der Waals surface area contributed by atoms with Gasteiger partial charge in [0, 0.05) is 5.92 Å². The zero-order valence-electron chi connectivity index (χ0n) is 18.8. The van der Waals surface area contributed by atoms with E-state index in [-0.39, 0.29) is 23.9 Å². The Bertz CT molecular complexity index is 506. The van der Waals surface area contributed by atoms with Gasteiger partial charge in [0.15, 0.2) is 11.7 Å². The van der Waals surface area contributed by atoms with Crippen LogP contribution in [-0.2, 0) is 14.2 Å². The summed E-state index contributed by atoms with van der Waals surface area (Å²) in [4.78, 5) is 0. The van der Waals surface area contributed by atoms with Crippen molar-refractivity contribution >= 4 is 0 Å². The zero-order chi connectivity index (χ0) is 21.7. The number of halogens is 2. The molecule has 1 saturated carbocycles. The molecule has 1 rings (SSSR count). The number of methoxy groups -OCH3 is 1. The van der Waals surface area contributed by atoms with E-state index >= 15 is 0 Å². The lowest BCUT2D eigenvalue weighted by molar-refractivity contribution is -0.0530. The summed E-state index contributed by atoms with van der Waals surface area (Å²) in [6.45, 7) is 15.4. The summed E-state index contributed by atoms with van der Waals surface area (Å²) in [6, 6.07) is 0. The van der Waals surface area contributed by atoms with Crippen LogP contribution in [-0.4, -0.2) is 32.5 Å². The Morgan fingerprint density at radius 3 is 2.11 bits per heavy atom. The molecule has 2 unspecified atom stereocenters. The van der Waals surface area contributed by atoms with E-state index < -0.39 is 11.7 Å². The molecule has 2 atom stereocenters. The molecule has 0 heterocycles. The molecule has 1 fully saturated rings. The van der Waals surface area contributed by atoms with Crippen molar-refractivity contribution in [1.29, 1.82) is 0 Å². The topological polar surface area (TPSA) is 27.7 Å². The summed E-state index contributed by atoms with van der Waals surface area (Å²) in [6.07, 6.45) is 6.59. The summed E-state index contributed by atoms with van der Waals surface area (Å²) in [7, 11) is 1.32. The maximum atomic E-state index is 14.1. The molecular weight excluding hydrogens is 362 g/mol. The van der Waals surface area contributed by atoms with Gasteiger partial charge in [0.1, 0.15) is 5.76 Å². The van der Waals surface area contributed by atoms with Crippen LogP contribution in [0.5, 0.6) is 0 Å². The van der Waals surface area contributed by atoms with Crippen LogP contribution in [0.25, 0.3) is 0 Å². The zero-order valence-corrected chi connectivity index (χ0v) is 18.8. The van der Waals surface area contributed by atoms with Crippen molar-refractivity contribution in [2.75, 3.05) is 20.3 Å². The van der Waals surface area contributed by atoms with Crippen LogP contribution < -0.4 is 0 Å². The van der Waals surface area contributed by atoms with E-state index in [0.717, 1.165) is 25.7 Å². The van der Waals surface area contributed by atoms with Crippen LogP contribution in [0.1, 0.15) is 67.2 Å². The number of hydrogen-bond acceptors (Lipinski definition) is 3. The summed E-state index contributed by atoms with van der Waals surface area (Å²) in [5, 5.41) is 0. The quantitative estimate of drug-likeness (QED) is 0.226. The van der Waals surface area contributed by atoms with Crippen molar-refractivity contribution in [3.63, 3.8) is 0 Å². The molecule has 0 aromatic rings. The predicted octanol–water partition coefficient (Wildman–Crippen LogP) is 6.91. The van der Waals surface area contributed by atoms with Crippen LogP contribution >= 0.6 is 0 Å². The second-order valence-electron chi connectivity index (χ2n) is 7.22. The van der Waals surface area contributed by atoms with Gasteiger partial charge in [0.25, 0.3) is 0 Å². The van der Waals surface area contributed by atoms with Crippen LogP contribution in [0, 0.1) is 11.8 Å². The molecule has 0 aromatic heterocycles. The van der Waals surface area contributed by atoms with Crippen molar-refractivity contribution in [1.82, 2.24) is 0 Å². The van der Waals surface area contributed by atoms with Crippen molar-refractivity contribution in [3.05, 3.63) is 35.6 Å². The lowest BCUT2D eigenvalue weighted by atomic mass is 9.87. The first-order valence-corrected chi connectivity index (χ1v) is 10.4. The van der Waals surface area contributed by atoms with Gasteiger partial charge < -0.3 is 14.2 Å². The molecular formula is C23H40F2O3. The predicted molar refractivity (Wildman–Crippen MR) is 112 cm³/mol.